The standard InChI is InChI=1S/C8H12Cl3O2/c1-2-3-4-7(13-6-12)5-8(9,10)11/h7H,2-5H2,1H3. The first kappa shape index (κ1) is 13.3. The van der Waals surface area contributed by atoms with Crippen LogP contribution in [0.15, 0.2) is 0 Å². The van der Waals surface area contributed by atoms with Gasteiger partial charge in [0.1, 0.15) is 6.10 Å². The molecule has 0 N–H and O–H groups in total. The van der Waals surface area contributed by atoms with Gasteiger partial charge >= 0.3 is 6.47 Å². The Kier molecular flexibility index (Phi) is 6.92. The zero-order chi connectivity index (χ0) is 10.3. The number of alkyl halides is 3. The van der Waals surface area contributed by atoms with Gasteiger partial charge in [0.05, 0.1) is 0 Å². The summed E-state index contributed by atoms with van der Waals surface area (Å²) in [5, 5.41) is 0. The van der Waals surface area contributed by atoms with Gasteiger partial charge in [-0.05, 0) is 6.42 Å². The molecule has 2 nitrogen and oxygen atoms in total. The van der Waals surface area contributed by atoms with Gasteiger partial charge in [-0.2, -0.15) is 0 Å². The summed E-state index contributed by atoms with van der Waals surface area (Å²) in [6.07, 6.45) is 2.53. The van der Waals surface area contributed by atoms with Crippen LogP contribution in [0.5, 0.6) is 0 Å². The quantitative estimate of drug-likeness (QED) is 0.672. The average molecular weight is 247 g/mol. The maximum absolute atomic E-state index is 9.99. The van der Waals surface area contributed by atoms with Crippen LogP contribution in [-0.4, -0.2) is 16.4 Å². The number of carbonyl (C=O) groups excluding carboxylic acids is 1. The minimum atomic E-state index is -1.37. The zero-order valence-corrected chi connectivity index (χ0v) is 9.62. The fourth-order valence-corrected chi connectivity index (χ4v) is 1.48. The predicted molar refractivity (Wildman–Crippen MR) is 55.0 cm³/mol. The van der Waals surface area contributed by atoms with Crippen LogP contribution in [0, 0.1) is 0 Å². The van der Waals surface area contributed by atoms with E-state index in [1.165, 1.54) is 6.47 Å². The van der Waals surface area contributed by atoms with Crippen molar-refractivity contribution in [2.75, 3.05) is 0 Å². The third kappa shape index (κ3) is 8.66. The molecule has 0 aromatic carbocycles. The van der Waals surface area contributed by atoms with Gasteiger partial charge in [-0.25, -0.2) is 4.79 Å². The second-order valence-electron chi connectivity index (χ2n) is 2.78. The number of halogens is 3. The van der Waals surface area contributed by atoms with Crippen LogP contribution in [0.25, 0.3) is 0 Å². The van der Waals surface area contributed by atoms with E-state index in [9.17, 15) is 4.79 Å². The molecule has 77 valence electrons. The lowest BCUT2D eigenvalue weighted by atomic mass is 10.1. The average Bonchev–Trinajstić information content (AvgIpc) is 1.98. The fourth-order valence-electron chi connectivity index (χ4n) is 0.961. The lowest BCUT2D eigenvalue weighted by Crippen LogP contribution is -2.19. The molecule has 0 saturated carbocycles. The Morgan fingerprint density at radius 2 is 2.08 bits per heavy atom. The SMILES string of the molecule is CCCCC(CC(Cl)(Cl)Cl)O[C]=O. The van der Waals surface area contributed by atoms with E-state index in [1.807, 2.05) is 6.92 Å². The normalized spacial score (nSPS) is 13.8. The van der Waals surface area contributed by atoms with E-state index in [1.54, 1.807) is 0 Å². The summed E-state index contributed by atoms with van der Waals surface area (Å²) in [6.45, 7) is 3.41. The van der Waals surface area contributed by atoms with Crippen LogP contribution in [-0.2, 0) is 9.53 Å². The van der Waals surface area contributed by atoms with Gasteiger partial charge in [0.2, 0.25) is 0 Å². The fraction of sp³-hybridized carbons (Fsp3) is 0.875. The van der Waals surface area contributed by atoms with Crippen molar-refractivity contribution in [3.63, 3.8) is 0 Å². The minimum Gasteiger partial charge on any atom is -0.454 e. The summed E-state index contributed by atoms with van der Waals surface area (Å²) in [4.78, 5) is 9.99. The van der Waals surface area contributed by atoms with E-state index in [0.717, 1.165) is 12.8 Å². The van der Waals surface area contributed by atoms with Crippen molar-refractivity contribution in [1.29, 1.82) is 0 Å². The molecule has 1 radical (unpaired) electrons. The van der Waals surface area contributed by atoms with Crippen molar-refractivity contribution in [1.82, 2.24) is 0 Å². The maximum Gasteiger partial charge on any atom is 0.417 e. The number of hydrogen-bond donors (Lipinski definition) is 0. The molecule has 13 heavy (non-hydrogen) atoms. The molecule has 0 aromatic heterocycles. The maximum atomic E-state index is 9.99. The molecule has 0 spiro atoms. The van der Waals surface area contributed by atoms with Crippen molar-refractivity contribution in [2.45, 2.75) is 42.5 Å². The Labute approximate surface area is 93.5 Å². The monoisotopic (exact) mass is 245 g/mol. The molecular weight excluding hydrogens is 234 g/mol. The van der Waals surface area contributed by atoms with E-state index < -0.39 is 3.79 Å². The van der Waals surface area contributed by atoms with E-state index in [4.69, 9.17) is 34.8 Å². The second-order valence-corrected chi connectivity index (χ2v) is 5.30. The third-order valence-electron chi connectivity index (χ3n) is 1.55. The molecule has 0 heterocycles. The van der Waals surface area contributed by atoms with Crippen LogP contribution >= 0.6 is 34.8 Å². The van der Waals surface area contributed by atoms with Gasteiger partial charge in [-0.15, -0.1) is 0 Å². The van der Waals surface area contributed by atoms with E-state index in [0.29, 0.717) is 6.42 Å². The lowest BCUT2D eigenvalue weighted by Gasteiger charge is -2.18. The van der Waals surface area contributed by atoms with Gasteiger partial charge < -0.3 is 4.74 Å². The van der Waals surface area contributed by atoms with Crippen LogP contribution in [0.3, 0.4) is 0 Å². The Hall–Kier alpha value is 0.340. The van der Waals surface area contributed by atoms with E-state index in [-0.39, 0.29) is 12.5 Å². The molecule has 0 saturated heterocycles. The summed E-state index contributed by atoms with van der Waals surface area (Å²) in [5.74, 6) is 0. The van der Waals surface area contributed by atoms with Crippen molar-refractivity contribution >= 4 is 41.3 Å². The van der Waals surface area contributed by atoms with Crippen LogP contribution in [0.2, 0.25) is 0 Å². The predicted octanol–water partition coefficient (Wildman–Crippen LogP) is 3.39. The number of hydrogen-bond acceptors (Lipinski definition) is 2. The van der Waals surface area contributed by atoms with Crippen molar-refractivity contribution in [3.8, 4) is 0 Å². The van der Waals surface area contributed by atoms with E-state index >= 15 is 0 Å². The summed E-state index contributed by atoms with van der Waals surface area (Å²) >= 11 is 16.7. The van der Waals surface area contributed by atoms with Gasteiger partial charge in [0.15, 0.2) is 3.79 Å². The molecular formula is C8H12Cl3O2. The molecule has 0 bridgehead atoms. The van der Waals surface area contributed by atoms with Gasteiger partial charge in [-0.1, -0.05) is 54.6 Å². The highest BCUT2D eigenvalue weighted by Gasteiger charge is 2.26. The van der Waals surface area contributed by atoms with E-state index in [2.05, 4.69) is 4.74 Å². The summed E-state index contributed by atoms with van der Waals surface area (Å²) < 4.78 is 3.30. The summed E-state index contributed by atoms with van der Waals surface area (Å²) in [7, 11) is 0. The molecule has 0 rings (SSSR count). The minimum absolute atomic E-state index is 0.215. The molecule has 0 aliphatic heterocycles. The molecule has 0 aliphatic rings. The highest BCUT2D eigenvalue weighted by Crippen LogP contribution is 2.33. The van der Waals surface area contributed by atoms with Crippen molar-refractivity contribution in [2.24, 2.45) is 0 Å². The number of rotatable bonds is 6. The molecule has 5 heteroatoms. The molecule has 0 amide bonds. The van der Waals surface area contributed by atoms with Gasteiger partial charge in [0.25, 0.3) is 0 Å². The molecule has 0 fully saturated rings. The molecule has 1 unspecified atom stereocenters. The summed E-state index contributed by atoms with van der Waals surface area (Å²) in [5.41, 5.74) is 0. The Morgan fingerprint density at radius 3 is 2.46 bits per heavy atom. The molecule has 0 aliphatic carbocycles. The third-order valence-corrected chi connectivity index (χ3v) is 2.02. The molecule has 0 aromatic rings. The number of unbranched alkanes of at least 4 members (excludes halogenated alkanes) is 1. The summed E-state index contributed by atoms with van der Waals surface area (Å²) in [6, 6.07) is 0. The Balaban J connectivity index is 3.86. The van der Waals surface area contributed by atoms with Crippen LogP contribution in [0.1, 0.15) is 32.6 Å². The van der Waals surface area contributed by atoms with Crippen molar-refractivity contribution in [3.05, 3.63) is 0 Å². The Morgan fingerprint density at radius 1 is 1.46 bits per heavy atom. The van der Waals surface area contributed by atoms with Crippen molar-refractivity contribution < 1.29 is 9.53 Å². The first-order valence-corrected chi connectivity index (χ1v) is 5.22. The number of ether oxygens (including phenoxy) is 1. The largest absolute Gasteiger partial charge is 0.454 e. The lowest BCUT2D eigenvalue weighted by molar-refractivity contribution is 0.156. The van der Waals surface area contributed by atoms with Crippen LogP contribution < -0.4 is 0 Å². The second kappa shape index (κ2) is 6.74. The van der Waals surface area contributed by atoms with Gasteiger partial charge in [0, 0.05) is 6.42 Å². The van der Waals surface area contributed by atoms with Gasteiger partial charge in [-0.3, -0.25) is 0 Å². The topological polar surface area (TPSA) is 26.3 Å². The molecule has 1 atom stereocenters. The highest BCUT2D eigenvalue weighted by atomic mass is 35.6. The zero-order valence-electron chi connectivity index (χ0n) is 7.36. The van der Waals surface area contributed by atoms with Crippen LogP contribution in [0.4, 0.5) is 0 Å². The first-order valence-electron chi connectivity index (χ1n) is 4.09. The first-order chi connectivity index (χ1) is 5.99. The Bertz CT molecular complexity index is 145. The highest BCUT2D eigenvalue weighted by molar-refractivity contribution is 6.67. The smallest absolute Gasteiger partial charge is 0.417 e.